The van der Waals surface area contributed by atoms with Crippen molar-refractivity contribution in [1.82, 2.24) is 15.0 Å². The Labute approximate surface area is 169 Å². The summed E-state index contributed by atoms with van der Waals surface area (Å²) in [6, 6.07) is 13.4. The van der Waals surface area contributed by atoms with Crippen molar-refractivity contribution < 1.29 is 4.74 Å². The fourth-order valence-corrected chi connectivity index (χ4v) is 3.40. The predicted molar refractivity (Wildman–Crippen MR) is 112 cm³/mol. The van der Waals surface area contributed by atoms with Gasteiger partial charge in [0.2, 0.25) is 5.95 Å². The van der Waals surface area contributed by atoms with Gasteiger partial charge in [-0.25, -0.2) is 9.97 Å². The molecule has 8 heteroatoms. The van der Waals surface area contributed by atoms with Gasteiger partial charge < -0.3 is 19.9 Å². The summed E-state index contributed by atoms with van der Waals surface area (Å²) in [5.74, 6) is 3.08. The Morgan fingerprint density at radius 2 is 1.79 bits per heavy atom. The predicted octanol–water partition coefficient (Wildman–Crippen LogP) is 3.60. The Kier molecular flexibility index (Phi) is 5.43. The Morgan fingerprint density at radius 3 is 2.50 bits per heavy atom. The summed E-state index contributed by atoms with van der Waals surface area (Å²) in [5, 5.41) is 3.82. The standard InChI is InChI=1S/C20H21ClN6O/c1-28-17-6-5-15(14-16(17)21)24-18-7-9-23-20(25-18)27-12-10-26(11-13-27)19-4-2-3-8-22-19/h2-9,14H,10-13H2,1H3,(H,23,24,25). The smallest absolute Gasteiger partial charge is 0.227 e. The number of nitrogens with zero attached hydrogens (tertiary/aromatic N) is 5. The molecular weight excluding hydrogens is 376 g/mol. The molecule has 0 bridgehead atoms. The maximum absolute atomic E-state index is 6.20. The van der Waals surface area contributed by atoms with Crippen molar-refractivity contribution in [3.8, 4) is 5.75 Å². The largest absolute Gasteiger partial charge is 0.495 e. The summed E-state index contributed by atoms with van der Waals surface area (Å²) in [4.78, 5) is 18.0. The normalized spacial score (nSPS) is 14.1. The van der Waals surface area contributed by atoms with E-state index in [-0.39, 0.29) is 0 Å². The number of pyridine rings is 1. The van der Waals surface area contributed by atoms with E-state index in [9.17, 15) is 0 Å². The average molecular weight is 397 g/mol. The third-order valence-electron chi connectivity index (χ3n) is 4.60. The van der Waals surface area contributed by atoms with Crippen molar-refractivity contribution in [2.45, 2.75) is 0 Å². The molecule has 0 atom stereocenters. The number of ether oxygens (including phenoxy) is 1. The van der Waals surface area contributed by atoms with Crippen LogP contribution in [0.4, 0.5) is 23.3 Å². The van der Waals surface area contributed by atoms with Crippen LogP contribution in [0.25, 0.3) is 0 Å². The van der Waals surface area contributed by atoms with E-state index < -0.39 is 0 Å². The van der Waals surface area contributed by atoms with E-state index in [1.54, 1.807) is 13.3 Å². The monoisotopic (exact) mass is 396 g/mol. The SMILES string of the molecule is COc1ccc(Nc2ccnc(N3CCN(c4ccccn4)CC3)n2)cc1Cl. The van der Waals surface area contributed by atoms with Crippen LogP contribution in [0.15, 0.2) is 54.9 Å². The van der Waals surface area contributed by atoms with Gasteiger partial charge in [0.25, 0.3) is 0 Å². The Hall–Kier alpha value is -3.06. The minimum absolute atomic E-state index is 0.549. The molecule has 0 spiro atoms. The van der Waals surface area contributed by atoms with E-state index in [2.05, 4.69) is 30.1 Å². The second-order valence-electron chi connectivity index (χ2n) is 6.38. The lowest BCUT2D eigenvalue weighted by molar-refractivity contribution is 0.415. The highest BCUT2D eigenvalue weighted by Crippen LogP contribution is 2.28. The zero-order valence-corrected chi connectivity index (χ0v) is 16.3. The number of hydrogen-bond acceptors (Lipinski definition) is 7. The molecule has 2 aromatic heterocycles. The molecule has 1 N–H and O–H groups in total. The van der Waals surface area contributed by atoms with E-state index in [0.29, 0.717) is 16.7 Å². The Morgan fingerprint density at radius 1 is 0.964 bits per heavy atom. The third kappa shape index (κ3) is 4.09. The first kappa shape index (κ1) is 18.3. The number of piperazine rings is 1. The molecule has 3 heterocycles. The number of halogens is 1. The Bertz CT molecular complexity index is 931. The molecule has 1 aliphatic heterocycles. The maximum atomic E-state index is 6.20. The van der Waals surface area contributed by atoms with Crippen molar-refractivity contribution in [2.24, 2.45) is 0 Å². The summed E-state index contributed by atoms with van der Waals surface area (Å²) < 4.78 is 5.19. The highest BCUT2D eigenvalue weighted by atomic mass is 35.5. The van der Waals surface area contributed by atoms with Crippen LogP contribution in [0.2, 0.25) is 5.02 Å². The van der Waals surface area contributed by atoms with Crippen molar-refractivity contribution in [1.29, 1.82) is 0 Å². The first-order chi connectivity index (χ1) is 13.7. The minimum atomic E-state index is 0.549. The van der Waals surface area contributed by atoms with Crippen LogP contribution < -0.4 is 19.9 Å². The van der Waals surface area contributed by atoms with Crippen molar-refractivity contribution >= 4 is 34.9 Å². The average Bonchev–Trinajstić information content (AvgIpc) is 2.75. The number of nitrogens with one attached hydrogen (secondary N) is 1. The minimum Gasteiger partial charge on any atom is -0.495 e. The molecule has 1 saturated heterocycles. The van der Waals surface area contributed by atoms with Crippen LogP contribution in [-0.4, -0.2) is 48.2 Å². The second-order valence-corrected chi connectivity index (χ2v) is 6.79. The quantitative estimate of drug-likeness (QED) is 0.706. The highest BCUT2D eigenvalue weighted by molar-refractivity contribution is 6.32. The van der Waals surface area contributed by atoms with E-state index >= 15 is 0 Å². The van der Waals surface area contributed by atoms with Crippen LogP contribution in [0.5, 0.6) is 5.75 Å². The topological polar surface area (TPSA) is 66.4 Å². The summed E-state index contributed by atoms with van der Waals surface area (Å²) in [6.45, 7) is 3.45. The number of hydrogen-bond donors (Lipinski definition) is 1. The summed E-state index contributed by atoms with van der Waals surface area (Å²) in [7, 11) is 1.60. The molecule has 0 saturated carbocycles. The molecule has 144 valence electrons. The van der Waals surface area contributed by atoms with Gasteiger partial charge >= 0.3 is 0 Å². The van der Waals surface area contributed by atoms with Crippen molar-refractivity contribution in [3.63, 3.8) is 0 Å². The van der Waals surface area contributed by atoms with E-state index in [4.69, 9.17) is 16.3 Å². The van der Waals surface area contributed by atoms with Crippen LogP contribution in [-0.2, 0) is 0 Å². The van der Waals surface area contributed by atoms with Crippen LogP contribution >= 0.6 is 11.6 Å². The first-order valence-corrected chi connectivity index (χ1v) is 9.45. The molecule has 0 unspecified atom stereocenters. The van der Waals surface area contributed by atoms with Gasteiger partial charge in [-0.15, -0.1) is 0 Å². The first-order valence-electron chi connectivity index (χ1n) is 9.07. The summed E-state index contributed by atoms with van der Waals surface area (Å²) in [5.41, 5.74) is 0.843. The Balaban J connectivity index is 1.42. The fourth-order valence-electron chi connectivity index (χ4n) is 3.14. The molecule has 1 fully saturated rings. The number of rotatable bonds is 5. The molecular formula is C20H21ClN6O. The molecule has 28 heavy (non-hydrogen) atoms. The molecule has 3 aromatic rings. The van der Waals surface area contributed by atoms with Gasteiger partial charge in [0, 0.05) is 44.3 Å². The van der Waals surface area contributed by atoms with Crippen LogP contribution in [0.1, 0.15) is 0 Å². The van der Waals surface area contributed by atoms with Gasteiger partial charge in [0.1, 0.15) is 17.4 Å². The van der Waals surface area contributed by atoms with Gasteiger partial charge in [-0.1, -0.05) is 17.7 Å². The number of methoxy groups -OCH3 is 1. The maximum Gasteiger partial charge on any atom is 0.227 e. The summed E-state index contributed by atoms with van der Waals surface area (Å²) >= 11 is 6.20. The lowest BCUT2D eigenvalue weighted by atomic mass is 10.3. The lowest BCUT2D eigenvalue weighted by Gasteiger charge is -2.35. The van der Waals surface area contributed by atoms with Crippen LogP contribution in [0, 0.1) is 0 Å². The van der Waals surface area contributed by atoms with E-state index in [1.807, 2.05) is 48.7 Å². The second kappa shape index (κ2) is 8.31. The fraction of sp³-hybridized carbons (Fsp3) is 0.250. The number of aromatic nitrogens is 3. The van der Waals surface area contributed by atoms with E-state index in [0.717, 1.165) is 43.5 Å². The van der Waals surface area contributed by atoms with Crippen molar-refractivity contribution in [2.75, 3.05) is 48.4 Å². The van der Waals surface area contributed by atoms with Crippen molar-refractivity contribution in [3.05, 3.63) is 59.9 Å². The zero-order chi connectivity index (χ0) is 19.3. The molecule has 0 aliphatic carbocycles. The molecule has 1 aliphatic rings. The zero-order valence-electron chi connectivity index (χ0n) is 15.5. The van der Waals surface area contributed by atoms with E-state index in [1.165, 1.54) is 0 Å². The molecule has 0 amide bonds. The van der Waals surface area contributed by atoms with Gasteiger partial charge in [0.15, 0.2) is 0 Å². The molecule has 0 radical (unpaired) electrons. The lowest BCUT2D eigenvalue weighted by Crippen LogP contribution is -2.47. The molecule has 1 aromatic carbocycles. The number of benzene rings is 1. The van der Waals surface area contributed by atoms with Gasteiger partial charge in [-0.05, 0) is 36.4 Å². The molecule has 7 nitrogen and oxygen atoms in total. The number of anilines is 4. The van der Waals surface area contributed by atoms with Gasteiger partial charge in [0.05, 0.1) is 12.1 Å². The molecule has 4 rings (SSSR count). The van der Waals surface area contributed by atoms with Gasteiger partial charge in [-0.3, -0.25) is 0 Å². The highest BCUT2D eigenvalue weighted by Gasteiger charge is 2.20. The van der Waals surface area contributed by atoms with Gasteiger partial charge in [-0.2, -0.15) is 4.98 Å². The van der Waals surface area contributed by atoms with Crippen LogP contribution in [0.3, 0.4) is 0 Å². The third-order valence-corrected chi connectivity index (χ3v) is 4.90. The summed E-state index contributed by atoms with van der Waals surface area (Å²) in [6.07, 6.45) is 3.59.